The molecule has 0 aromatic heterocycles. The third-order valence-corrected chi connectivity index (χ3v) is 8.02. The molecule has 2 heterocycles. The SMILES string of the molecule is Br.CCOC(=O)CCCOc1c(N2CCC(O)CC2)cc(C(=O)CN2Cc3cc(OC)c(OC)c(F)c3C2=N)cc1C(C)(C)C. The number of ether oxygens (including phenoxy) is 4. The van der Waals surface area contributed by atoms with Gasteiger partial charge in [-0.1, -0.05) is 20.8 Å². The number of carbonyl (C=O) groups is 2. The molecule has 0 saturated carbocycles. The van der Waals surface area contributed by atoms with Crippen LogP contribution in [0.25, 0.3) is 0 Å². The Morgan fingerprint density at radius 2 is 1.78 bits per heavy atom. The number of nitrogens with one attached hydrogen (secondary N) is 1. The summed E-state index contributed by atoms with van der Waals surface area (Å²) in [6.45, 7) is 9.77. The number of hydrogen-bond acceptors (Lipinski definition) is 9. The summed E-state index contributed by atoms with van der Waals surface area (Å²) in [5.41, 5.74) is 2.29. The van der Waals surface area contributed by atoms with E-state index in [0.717, 1.165) is 11.3 Å². The molecule has 1 saturated heterocycles. The van der Waals surface area contributed by atoms with Crippen LogP contribution in [-0.4, -0.2) is 80.8 Å². The van der Waals surface area contributed by atoms with Gasteiger partial charge in [-0.25, -0.2) is 4.39 Å². The van der Waals surface area contributed by atoms with E-state index in [4.69, 9.17) is 24.4 Å². The van der Waals surface area contributed by atoms with Gasteiger partial charge < -0.3 is 33.9 Å². The van der Waals surface area contributed by atoms with E-state index < -0.39 is 11.2 Å². The molecule has 2 aliphatic heterocycles. The highest BCUT2D eigenvalue weighted by atomic mass is 79.9. The van der Waals surface area contributed by atoms with Gasteiger partial charge in [0.25, 0.3) is 0 Å². The summed E-state index contributed by atoms with van der Waals surface area (Å²) >= 11 is 0. The molecule has 1 fully saturated rings. The van der Waals surface area contributed by atoms with Crippen LogP contribution in [0.4, 0.5) is 10.1 Å². The van der Waals surface area contributed by atoms with Gasteiger partial charge in [0, 0.05) is 37.2 Å². The largest absolute Gasteiger partial charge is 0.493 e. The number of piperidine rings is 1. The van der Waals surface area contributed by atoms with E-state index in [9.17, 15) is 14.7 Å². The fraction of sp³-hybridized carbons (Fsp3) is 0.545. The minimum atomic E-state index is -0.684. The molecule has 0 spiro atoms. The van der Waals surface area contributed by atoms with Crippen LogP contribution in [0.1, 0.15) is 80.4 Å². The fourth-order valence-corrected chi connectivity index (χ4v) is 5.67. The Bertz CT molecular complexity index is 1400. The number of methoxy groups -OCH3 is 2. The first-order chi connectivity index (χ1) is 20.9. The number of aliphatic hydroxyl groups excluding tert-OH is 1. The minimum absolute atomic E-state index is 0. The molecule has 2 aromatic carbocycles. The second-order valence-electron chi connectivity index (χ2n) is 12.2. The molecule has 0 unspecified atom stereocenters. The number of esters is 1. The lowest BCUT2D eigenvalue weighted by Gasteiger charge is -2.35. The second kappa shape index (κ2) is 15.3. The van der Waals surface area contributed by atoms with Crippen molar-refractivity contribution in [2.75, 3.05) is 52.0 Å². The zero-order chi connectivity index (χ0) is 32.2. The van der Waals surface area contributed by atoms with Crippen molar-refractivity contribution in [2.24, 2.45) is 0 Å². The summed E-state index contributed by atoms with van der Waals surface area (Å²) in [6.07, 6.45) is 1.51. The summed E-state index contributed by atoms with van der Waals surface area (Å²) in [5.74, 6) is -0.464. The number of anilines is 1. The average molecular weight is 695 g/mol. The lowest BCUT2D eigenvalue weighted by atomic mass is 9.84. The number of benzene rings is 2. The van der Waals surface area contributed by atoms with Gasteiger partial charge in [0.2, 0.25) is 0 Å². The van der Waals surface area contributed by atoms with Gasteiger partial charge in [0.05, 0.1) is 51.3 Å². The molecule has 10 nitrogen and oxygen atoms in total. The Hall–Kier alpha value is -3.38. The summed E-state index contributed by atoms with van der Waals surface area (Å²) in [7, 11) is 2.76. The van der Waals surface area contributed by atoms with Crippen LogP contribution in [0.15, 0.2) is 18.2 Å². The van der Waals surface area contributed by atoms with Crippen LogP contribution in [0.2, 0.25) is 0 Å². The molecule has 0 amide bonds. The Morgan fingerprint density at radius 1 is 1.09 bits per heavy atom. The highest BCUT2D eigenvalue weighted by molar-refractivity contribution is 8.93. The lowest BCUT2D eigenvalue weighted by Crippen LogP contribution is -2.36. The van der Waals surface area contributed by atoms with E-state index in [1.54, 1.807) is 17.9 Å². The van der Waals surface area contributed by atoms with Gasteiger partial charge in [-0.15, -0.1) is 17.0 Å². The van der Waals surface area contributed by atoms with E-state index in [1.165, 1.54) is 14.2 Å². The van der Waals surface area contributed by atoms with Gasteiger partial charge in [0.15, 0.2) is 23.1 Å². The quantitative estimate of drug-likeness (QED) is 0.170. The summed E-state index contributed by atoms with van der Waals surface area (Å²) in [4.78, 5) is 29.4. The monoisotopic (exact) mass is 693 g/mol. The first-order valence-electron chi connectivity index (χ1n) is 15.1. The standard InChI is InChI=1S/C33H44FN3O7.BrH/c1-7-43-27(40)9-8-14-44-30-23(33(2,3)4)15-20(16-24(30)36-12-10-22(38)11-13-36)25(39)19-37-18-21-17-26(41-5)31(42-6)29(34)28(21)32(37)35;/h15-17,22,35,38H,7-14,18-19H2,1-6H3;1H. The van der Waals surface area contributed by atoms with Crippen molar-refractivity contribution in [3.63, 3.8) is 0 Å². The zero-order valence-corrected chi connectivity index (χ0v) is 28.7. The maximum Gasteiger partial charge on any atom is 0.305 e. The van der Waals surface area contributed by atoms with Gasteiger partial charge >= 0.3 is 5.97 Å². The number of amidine groups is 1. The predicted molar refractivity (Wildman–Crippen MR) is 175 cm³/mol. The summed E-state index contributed by atoms with van der Waals surface area (Å²) in [5, 5.41) is 18.8. The van der Waals surface area contributed by atoms with Crippen LogP contribution in [-0.2, 0) is 21.5 Å². The Labute approximate surface area is 275 Å². The van der Waals surface area contributed by atoms with E-state index in [2.05, 4.69) is 4.90 Å². The molecule has 2 N–H and O–H groups in total. The van der Waals surface area contributed by atoms with Gasteiger partial charge in [-0.3, -0.25) is 15.0 Å². The van der Waals surface area contributed by atoms with Crippen LogP contribution < -0.4 is 19.1 Å². The third kappa shape index (κ3) is 8.07. The Balaban J connectivity index is 0.00000552. The molecular formula is C33H45BrFN3O7. The Kier molecular flexibility index (Phi) is 12.2. The molecule has 248 valence electrons. The van der Waals surface area contributed by atoms with Crippen molar-refractivity contribution in [3.8, 4) is 17.2 Å². The van der Waals surface area contributed by atoms with E-state index in [-0.39, 0.29) is 77.2 Å². The predicted octanol–water partition coefficient (Wildman–Crippen LogP) is 5.43. The molecule has 2 aromatic rings. The van der Waals surface area contributed by atoms with Crippen LogP contribution in [0.5, 0.6) is 17.2 Å². The van der Waals surface area contributed by atoms with Gasteiger partial charge in [0.1, 0.15) is 11.6 Å². The van der Waals surface area contributed by atoms with Crippen molar-refractivity contribution in [3.05, 3.63) is 46.3 Å². The van der Waals surface area contributed by atoms with Gasteiger partial charge in [-0.2, -0.15) is 0 Å². The smallest absolute Gasteiger partial charge is 0.305 e. The van der Waals surface area contributed by atoms with Crippen molar-refractivity contribution < 1.29 is 38.0 Å². The number of ketones is 1. The maximum absolute atomic E-state index is 15.3. The first kappa shape index (κ1) is 36.1. The number of carbonyl (C=O) groups excluding carboxylic acids is 2. The van der Waals surface area contributed by atoms with Crippen molar-refractivity contribution >= 4 is 40.3 Å². The fourth-order valence-electron chi connectivity index (χ4n) is 5.67. The molecule has 0 atom stereocenters. The number of nitrogens with zero attached hydrogens (tertiary/aromatic N) is 2. The minimum Gasteiger partial charge on any atom is -0.493 e. The van der Waals surface area contributed by atoms with Gasteiger partial charge in [-0.05, 0) is 55.4 Å². The molecule has 12 heteroatoms. The third-order valence-electron chi connectivity index (χ3n) is 8.02. The molecular weight excluding hydrogens is 649 g/mol. The van der Waals surface area contributed by atoms with Crippen LogP contribution in [0.3, 0.4) is 0 Å². The van der Waals surface area contributed by atoms with Crippen molar-refractivity contribution in [1.82, 2.24) is 4.90 Å². The van der Waals surface area contributed by atoms with E-state index in [0.29, 0.717) is 62.4 Å². The number of aliphatic hydroxyl groups is 1. The molecule has 2 aliphatic rings. The number of Topliss-reactive ketones (excluding diaryl/α,β-unsaturated/α-hetero) is 1. The highest BCUT2D eigenvalue weighted by Gasteiger charge is 2.34. The number of halogens is 2. The molecule has 4 rings (SSSR count). The first-order valence-corrected chi connectivity index (χ1v) is 15.1. The topological polar surface area (TPSA) is 122 Å². The highest BCUT2D eigenvalue weighted by Crippen LogP contribution is 2.42. The second-order valence-corrected chi connectivity index (χ2v) is 12.2. The zero-order valence-electron chi connectivity index (χ0n) is 27.0. The van der Waals surface area contributed by atoms with Crippen LogP contribution >= 0.6 is 17.0 Å². The summed E-state index contributed by atoms with van der Waals surface area (Å²) < 4.78 is 37.2. The van der Waals surface area contributed by atoms with E-state index in [1.807, 2.05) is 32.9 Å². The van der Waals surface area contributed by atoms with E-state index >= 15 is 4.39 Å². The molecule has 0 bridgehead atoms. The van der Waals surface area contributed by atoms with Crippen molar-refractivity contribution in [2.45, 2.75) is 71.4 Å². The average Bonchev–Trinajstić information content (AvgIpc) is 3.29. The normalized spacial score (nSPS) is 15.0. The maximum atomic E-state index is 15.3. The van der Waals surface area contributed by atoms with Crippen molar-refractivity contribution in [1.29, 1.82) is 5.41 Å². The Morgan fingerprint density at radius 3 is 2.38 bits per heavy atom. The number of rotatable bonds is 12. The lowest BCUT2D eigenvalue weighted by molar-refractivity contribution is -0.143. The number of fused-ring (bicyclic) bond motifs is 1. The molecule has 45 heavy (non-hydrogen) atoms. The van der Waals surface area contributed by atoms with Crippen LogP contribution in [0, 0.1) is 11.2 Å². The molecule has 0 radical (unpaired) electrons. The summed E-state index contributed by atoms with van der Waals surface area (Å²) in [6, 6.07) is 5.30. The molecule has 0 aliphatic carbocycles. The number of hydrogen-bond donors (Lipinski definition) is 2.